The van der Waals surface area contributed by atoms with E-state index in [1.54, 1.807) is 0 Å². The predicted molar refractivity (Wildman–Crippen MR) is 68.9 cm³/mol. The minimum Gasteiger partial charge on any atom is -0.341 e. The summed E-state index contributed by atoms with van der Waals surface area (Å²) in [7, 11) is 0. The number of hydrogen-bond acceptors (Lipinski definition) is 4. The molecule has 0 bridgehead atoms. The van der Waals surface area contributed by atoms with Crippen molar-refractivity contribution in [2.45, 2.75) is 6.04 Å². The number of carbonyl (C=O) groups is 1. The molecule has 0 radical (unpaired) electrons. The van der Waals surface area contributed by atoms with E-state index in [9.17, 15) is 4.79 Å². The van der Waals surface area contributed by atoms with E-state index in [-0.39, 0.29) is 11.9 Å². The first-order valence-corrected chi connectivity index (χ1v) is 6.79. The Labute approximate surface area is 104 Å². The lowest BCUT2D eigenvalue weighted by Gasteiger charge is -2.38. The maximum atomic E-state index is 11.7. The molecule has 1 aromatic rings. The zero-order chi connectivity index (χ0) is 11.7. The number of amidine groups is 1. The van der Waals surface area contributed by atoms with Crippen LogP contribution in [0.15, 0.2) is 35.4 Å². The second-order valence-electron chi connectivity index (χ2n) is 4.06. The van der Waals surface area contributed by atoms with Crippen LogP contribution in [0.1, 0.15) is 5.56 Å². The molecule has 0 saturated carbocycles. The van der Waals surface area contributed by atoms with Gasteiger partial charge in [-0.2, -0.15) is 16.9 Å². The fourth-order valence-electron chi connectivity index (χ4n) is 2.14. The van der Waals surface area contributed by atoms with Gasteiger partial charge in [-0.15, -0.1) is 0 Å². The van der Waals surface area contributed by atoms with E-state index < -0.39 is 0 Å². The van der Waals surface area contributed by atoms with Gasteiger partial charge in [-0.3, -0.25) is 4.79 Å². The Morgan fingerprint density at radius 1 is 1.35 bits per heavy atom. The molecular formula is C12H13N3OS. The lowest BCUT2D eigenvalue weighted by atomic mass is 10.1. The molecule has 0 aliphatic carbocycles. The molecule has 1 atom stereocenters. The number of amides is 1. The van der Waals surface area contributed by atoms with E-state index in [1.807, 2.05) is 42.1 Å². The molecule has 1 saturated heterocycles. The zero-order valence-electron chi connectivity index (χ0n) is 9.30. The number of nitrogens with one attached hydrogen (secondary N) is 1. The van der Waals surface area contributed by atoms with E-state index in [0.29, 0.717) is 0 Å². The highest BCUT2D eigenvalue weighted by Crippen LogP contribution is 2.21. The lowest BCUT2D eigenvalue weighted by molar-refractivity contribution is -0.125. The van der Waals surface area contributed by atoms with Crippen molar-refractivity contribution in [3.8, 4) is 0 Å². The minimum absolute atomic E-state index is 0.0110. The number of hydrazone groups is 1. The van der Waals surface area contributed by atoms with Crippen LogP contribution in [0.25, 0.3) is 0 Å². The summed E-state index contributed by atoms with van der Waals surface area (Å²) in [6.07, 6.45) is 0. The van der Waals surface area contributed by atoms with E-state index in [2.05, 4.69) is 15.4 Å². The Morgan fingerprint density at radius 2 is 2.18 bits per heavy atom. The van der Waals surface area contributed by atoms with E-state index in [1.165, 1.54) is 0 Å². The molecule has 88 valence electrons. The molecule has 17 heavy (non-hydrogen) atoms. The first kappa shape index (κ1) is 10.7. The molecule has 5 heteroatoms. The monoisotopic (exact) mass is 247 g/mol. The number of benzene rings is 1. The van der Waals surface area contributed by atoms with Crippen molar-refractivity contribution in [2.75, 3.05) is 18.1 Å². The molecule has 2 aliphatic heterocycles. The molecule has 4 nitrogen and oxygen atoms in total. The smallest absolute Gasteiger partial charge is 0.263 e. The standard InChI is InChI=1S/C12H13N3OS/c16-12-10-8-17-7-6-15(10)11(13-14-12)9-4-2-1-3-5-9/h1-5,10H,6-8H2,(H,14,16). The lowest BCUT2D eigenvalue weighted by Crippen LogP contribution is -2.57. The zero-order valence-corrected chi connectivity index (χ0v) is 10.1. The van der Waals surface area contributed by atoms with Gasteiger partial charge in [0.1, 0.15) is 6.04 Å². The maximum Gasteiger partial charge on any atom is 0.263 e. The van der Waals surface area contributed by atoms with Crippen molar-refractivity contribution >= 4 is 23.5 Å². The molecule has 0 spiro atoms. The van der Waals surface area contributed by atoms with Crippen LogP contribution >= 0.6 is 11.8 Å². The fourth-order valence-corrected chi connectivity index (χ4v) is 3.19. The summed E-state index contributed by atoms with van der Waals surface area (Å²) < 4.78 is 0. The van der Waals surface area contributed by atoms with Gasteiger partial charge in [0, 0.05) is 23.6 Å². The van der Waals surface area contributed by atoms with E-state index in [0.717, 1.165) is 29.4 Å². The molecule has 1 amide bonds. The van der Waals surface area contributed by atoms with Crippen LogP contribution in [0, 0.1) is 0 Å². The largest absolute Gasteiger partial charge is 0.341 e. The van der Waals surface area contributed by atoms with Gasteiger partial charge in [-0.25, -0.2) is 5.43 Å². The quantitative estimate of drug-likeness (QED) is 0.802. The first-order valence-electron chi connectivity index (χ1n) is 5.63. The highest BCUT2D eigenvalue weighted by molar-refractivity contribution is 7.99. The van der Waals surface area contributed by atoms with Crippen LogP contribution in [0.4, 0.5) is 0 Å². The summed E-state index contributed by atoms with van der Waals surface area (Å²) >= 11 is 1.82. The summed E-state index contributed by atoms with van der Waals surface area (Å²) in [5.41, 5.74) is 3.68. The Hall–Kier alpha value is -1.49. The number of nitrogens with zero attached hydrogens (tertiary/aromatic N) is 2. The summed E-state index contributed by atoms with van der Waals surface area (Å²) in [4.78, 5) is 13.8. The molecule has 1 aromatic carbocycles. The third kappa shape index (κ3) is 1.91. The molecule has 1 fully saturated rings. The van der Waals surface area contributed by atoms with Gasteiger partial charge in [0.25, 0.3) is 5.91 Å². The van der Waals surface area contributed by atoms with Gasteiger partial charge in [0.05, 0.1) is 0 Å². The van der Waals surface area contributed by atoms with Gasteiger partial charge in [-0.05, 0) is 0 Å². The van der Waals surface area contributed by atoms with Crippen LogP contribution in [0.3, 0.4) is 0 Å². The van der Waals surface area contributed by atoms with Crippen molar-refractivity contribution < 1.29 is 4.79 Å². The second-order valence-corrected chi connectivity index (χ2v) is 5.21. The average molecular weight is 247 g/mol. The SMILES string of the molecule is O=C1NN=C(c2ccccc2)N2CCSCC12. The first-order chi connectivity index (χ1) is 8.36. The summed E-state index contributed by atoms with van der Waals surface area (Å²) in [5, 5.41) is 4.20. The summed E-state index contributed by atoms with van der Waals surface area (Å²) in [5.74, 6) is 2.79. The highest BCUT2D eigenvalue weighted by Gasteiger charge is 2.34. The molecule has 1 unspecified atom stereocenters. The minimum atomic E-state index is -0.0681. The Morgan fingerprint density at radius 3 is 3.00 bits per heavy atom. The molecule has 1 N–H and O–H groups in total. The second kappa shape index (κ2) is 4.41. The van der Waals surface area contributed by atoms with Crippen LogP contribution in [-0.4, -0.2) is 40.7 Å². The normalized spacial score (nSPS) is 23.8. The number of fused-ring (bicyclic) bond motifs is 1. The molecule has 0 aromatic heterocycles. The predicted octanol–water partition coefficient (Wildman–Crippen LogP) is 0.895. The van der Waals surface area contributed by atoms with Gasteiger partial charge < -0.3 is 4.90 Å². The van der Waals surface area contributed by atoms with Gasteiger partial charge in [0.2, 0.25) is 0 Å². The van der Waals surface area contributed by atoms with Crippen LogP contribution in [0.5, 0.6) is 0 Å². The molecule has 2 aliphatic rings. The topological polar surface area (TPSA) is 44.7 Å². The summed E-state index contributed by atoms with van der Waals surface area (Å²) in [6.45, 7) is 0.885. The number of rotatable bonds is 1. The molecular weight excluding hydrogens is 234 g/mol. The van der Waals surface area contributed by atoms with Gasteiger partial charge >= 0.3 is 0 Å². The maximum absolute atomic E-state index is 11.7. The number of hydrogen-bond donors (Lipinski definition) is 1. The third-order valence-electron chi connectivity index (χ3n) is 3.01. The van der Waals surface area contributed by atoms with Crippen molar-refractivity contribution in [1.82, 2.24) is 10.3 Å². The van der Waals surface area contributed by atoms with Crippen molar-refractivity contribution in [2.24, 2.45) is 5.10 Å². The highest BCUT2D eigenvalue weighted by atomic mass is 32.2. The average Bonchev–Trinajstić information content (AvgIpc) is 2.41. The van der Waals surface area contributed by atoms with E-state index in [4.69, 9.17) is 0 Å². The van der Waals surface area contributed by atoms with Crippen molar-refractivity contribution in [3.63, 3.8) is 0 Å². The summed E-state index contributed by atoms with van der Waals surface area (Å²) in [6, 6.07) is 9.94. The van der Waals surface area contributed by atoms with Crippen LogP contribution < -0.4 is 5.43 Å². The van der Waals surface area contributed by atoms with Gasteiger partial charge in [-0.1, -0.05) is 30.3 Å². The van der Waals surface area contributed by atoms with Gasteiger partial charge in [0.15, 0.2) is 5.84 Å². The van der Waals surface area contributed by atoms with Crippen molar-refractivity contribution in [1.29, 1.82) is 0 Å². The van der Waals surface area contributed by atoms with Crippen LogP contribution in [-0.2, 0) is 4.79 Å². The number of thioether (sulfide) groups is 1. The third-order valence-corrected chi connectivity index (χ3v) is 4.03. The van der Waals surface area contributed by atoms with E-state index >= 15 is 0 Å². The Kier molecular flexibility index (Phi) is 2.76. The Balaban J connectivity index is 1.96. The van der Waals surface area contributed by atoms with Crippen LogP contribution in [0.2, 0.25) is 0 Å². The molecule has 3 rings (SSSR count). The Bertz CT molecular complexity index is 460. The fraction of sp³-hybridized carbons (Fsp3) is 0.333. The van der Waals surface area contributed by atoms with Crippen molar-refractivity contribution in [3.05, 3.63) is 35.9 Å². The number of carbonyl (C=O) groups excluding carboxylic acids is 1. The molecule has 2 heterocycles.